The summed E-state index contributed by atoms with van der Waals surface area (Å²) < 4.78 is 7.87. The highest BCUT2D eigenvalue weighted by molar-refractivity contribution is 6.06. The van der Waals surface area contributed by atoms with Crippen molar-refractivity contribution in [2.75, 3.05) is 23.0 Å². The number of hydrogen-bond acceptors (Lipinski definition) is 6. The molecule has 0 saturated heterocycles. The van der Waals surface area contributed by atoms with Crippen molar-refractivity contribution in [2.45, 2.75) is 33.1 Å². The molecule has 0 aliphatic heterocycles. The summed E-state index contributed by atoms with van der Waals surface area (Å²) in [5, 5.41) is 16.4. The van der Waals surface area contributed by atoms with E-state index < -0.39 is 6.03 Å². The van der Waals surface area contributed by atoms with Crippen molar-refractivity contribution >= 4 is 40.3 Å². The van der Waals surface area contributed by atoms with E-state index in [2.05, 4.69) is 38.2 Å². The molecular weight excluding hydrogens is 532 g/mol. The number of nitrogens with one attached hydrogen (secondary N) is 4. The fourth-order valence-electron chi connectivity index (χ4n) is 4.34. The fraction of sp³-hybridized carbons (Fsp3) is 0.194. The number of amides is 4. The van der Waals surface area contributed by atoms with E-state index in [1.54, 1.807) is 41.2 Å². The Morgan fingerprint density at radius 3 is 2.52 bits per heavy atom. The van der Waals surface area contributed by atoms with Crippen LogP contribution in [0.5, 0.6) is 11.5 Å². The smallest absolute Gasteiger partial charge is 0.324 e. The van der Waals surface area contributed by atoms with E-state index >= 15 is 0 Å². The Labute approximate surface area is 243 Å². The molecule has 0 bridgehead atoms. The summed E-state index contributed by atoms with van der Waals surface area (Å²) in [5.74, 6) is 1.91. The molecule has 3 aromatic heterocycles. The number of nitrogens with zero attached hydrogens (tertiary/aromatic N) is 4. The van der Waals surface area contributed by atoms with E-state index in [-0.39, 0.29) is 6.03 Å². The predicted molar refractivity (Wildman–Crippen MR) is 164 cm³/mol. The maximum Gasteiger partial charge on any atom is 0.324 e. The molecule has 5 rings (SSSR count). The predicted octanol–water partition coefficient (Wildman–Crippen LogP) is 6.65. The number of carbonyl (C=O) groups excluding carboxylic acids is 2. The summed E-state index contributed by atoms with van der Waals surface area (Å²) in [7, 11) is 1.52. The maximum atomic E-state index is 13.2. The minimum Gasteiger partial charge on any atom is -0.456 e. The molecule has 2 aromatic carbocycles. The Bertz CT molecular complexity index is 1720. The Hall–Kier alpha value is -5.45. The van der Waals surface area contributed by atoms with Crippen LogP contribution in [0.2, 0.25) is 0 Å². The highest BCUT2D eigenvalue weighted by Gasteiger charge is 2.16. The molecule has 0 saturated carbocycles. The van der Waals surface area contributed by atoms with Crippen molar-refractivity contribution in [3.8, 4) is 17.2 Å². The van der Waals surface area contributed by atoms with E-state index in [0.717, 1.165) is 36.2 Å². The maximum absolute atomic E-state index is 13.2. The Morgan fingerprint density at radius 2 is 1.74 bits per heavy atom. The van der Waals surface area contributed by atoms with Gasteiger partial charge in [0.25, 0.3) is 0 Å². The minimum atomic E-state index is -0.426. The molecule has 11 nitrogen and oxygen atoms in total. The number of pyridine rings is 2. The third-order valence-electron chi connectivity index (χ3n) is 6.47. The zero-order valence-corrected chi connectivity index (χ0v) is 23.6. The number of carbonyl (C=O) groups is 2. The van der Waals surface area contributed by atoms with E-state index in [4.69, 9.17) is 9.84 Å². The minimum absolute atomic E-state index is 0.340. The summed E-state index contributed by atoms with van der Waals surface area (Å²) in [6.07, 6.45) is 6.07. The Balaban J connectivity index is 1.37. The monoisotopic (exact) mass is 564 g/mol. The summed E-state index contributed by atoms with van der Waals surface area (Å²) in [6.45, 7) is 4.16. The van der Waals surface area contributed by atoms with Crippen LogP contribution >= 0.6 is 0 Å². The Morgan fingerprint density at radius 1 is 0.905 bits per heavy atom. The molecule has 0 fully saturated rings. The number of aromatic nitrogens is 4. The molecule has 0 aliphatic rings. The van der Waals surface area contributed by atoms with E-state index in [1.807, 2.05) is 43.3 Å². The molecule has 4 amide bonds. The number of ether oxygens (including phenoxy) is 1. The average Bonchev–Trinajstić information content (AvgIpc) is 3.40. The second kappa shape index (κ2) is 12.8. The number of fused-ring (bicyclic) bond motifs is 1. The van der Waals surface area contributed by atoms with Gasteiger partial charge in [-0.3, -0.25) is 15.6 Å². The third-order valence-corrected chi connectivity index (χ3v) is 6.47. The van der Waals surface area contributed by atoms with Gasteiger partial charge < -0.3 is 15.4 Å². The van der Waals surface area contributed by atoms with Crippen LogP contribution in [0.3, 0.4) is 0 Å². The van der Waals surface area contributed by atoms with Gasteiger partial charge >= 0.3 is 12.1 Å². The molecule has 0 aliphatic carbocycles. The van der Waals surface area contributed by atoms with Crippen molar-refractivity contribution in [1.29, 1.82) is 0 Å². The lowest BCUT2D eigenvalue weighted by atomic mass is 10.1. The second-order valence-electron chi connectivity index (χ2n) is 9.64. The van der Waals surface area contributed by atoms with Crippen LogP contribution in [0.4, 0.5) is 26.9 Å². The number of urea groups is 2. The number of rotatable bonds is 9. The lowest BCUT2D eigenvalue weighted by Crippen LogP contribution is -2.24. The first kappa shape index (κ1) is 28.1. The van der Waals surface area contributed by atoms with Gasteiger partial charge in [0.1, 0.15) is 23.1 Å². The van der Waals surface area contributed by atoms with Crippen LogP contribution < -0.4 is 26.0 Å². The number of unbranched alkanes of at least 4 members (excludes halogenated alkanes) is 1. The highest BCUT2D eigenvalue weighted by Crippen LogP contribution is 2.34. The van der Waals surface area contributed by atoms with Crippen LogP contribution in [-0.2, 0) is 6.42 Å². The Kier molecular flexibility index (Phi) is 8.57. The first-order valence-electron chi connectivity index (χ1n) is 13.7. The number of hydrogen-bond donors (Lipinski definition) is 4. The fourth-order valence-corrected chi connectivity index (χ4v) is 4.34. The van der Waals surface area contributed by atoms with Gasteiger partial charge in [-0.05, 0) is 62.2 Å². The van der Waals surface area contributed by atoms with Gasteiger partial charge in [-0.2, -0.15) is 5.10 Å². The first-order chi connectivity index (χ1) is 20.4. The second-order valence-corrected chi connectivity index (χ2v) is 9.64. The molecule has 0 atom stereocenters. The van der Waals surface area contributed by atoms with Gasteiger partial charge in [-0.1, -0.05) is 31.0 Å². The standard InChI is InChI=1S/C31H32N8O3/c1-4-5-7-21-18-28(39(38-21)22-11-9-20(2)10-12-22)37-31(41)35-25-13-14-26(24-8-6-16-34-29(24)25)42-23-15-17-33-27(19-23)36-30(40)32-3/h6,8-19H,4-5,7H2,1-3H3,(H2,35,37,41)(H2,32,33,36,40). The van der Waals surface area contributed by atoms with Crippen LogP contribution in [0, 0.1) is 6.92 Å². The van der Waals surface area contributed by atoms with Gasteiger partial charge in [0.2, 0.25) is 0 Å². The van der Waals surface area contributed by atoms with Crippen molar-refractivity contribution in [2.24, 2.45) is 0 Å². The molecule has 5 aromatic rings. The van der Waals surface area contributed by atoms with Gasteiger partial charge in [0.05, 0.1) is 22.6 Å². The zero-order valence-electron chi connectivity index (χ0n) is 23.6. The number of anilines is 3. The molecule has 4 N–H and O–H groups in total. The number of benzene rings is 2. The molecule has 42 heavy (non-hydrogen) atoms. The number of aryl methyl sites for hydroxylation is 2. The van der Waals surface area contributed by atoms with Crippen molar-refractivity contribution in [3.05, 3.63) is 90.4 Å². The van der Waals surface area contributed by atoms with E-state index in [1.165, 1.54) is 13.2 Å². The average molecular weight is 565 g/mol. The van der Waals surface area contributed by atoms with Crippen molar-refractivity contribution < 1.29 is 14.3 Å². The van der Waals surface area contributed by atoms with E-state index in [9.17, 15) is 9.59 Å². The SMILES string of the molecule is CCCCc1cc(NC(=O)Nc2ccc(Oc3ccnc(NC(=O)NC)c3)c3cccnc23)n(-c2ccc(C)cc2)n1. The van der Waals surface area contributed by atoms with Gasteiger partial charge in [0, 0.05) is 37.0 Å². The third kappa shape index (κ3) is 6.64. The molecular formula is C31H32N8O3. The first-order valence-corrected chi connectivity index (χ1v) is 13.7. The van der Waals surface area contributed by atoms with Crippen LogP contribution in [0.1, 0.15) is 31.0 Å². The van der Waals surface area contributed by atoms with Gasteiger partial charge in [0.15, 0.2) is 0 Å². The van der Waals surface area contributed by atoms with Crippen molar-refractivity contribution in [1.82, 2.24) is 25.1 Å². The van der Waals surface area contributed by atoms with Crippen molar-refractivity contribution in [3.63, 3.8) is 0 Å². The topological polar surface area (TPSA) is 135 Å². The normalized spacial score (nSPS) is 10.7. The molecule has 11 heteroatoms. The summed E-state index contributed by atoms with van der Waals surface area (Å²) in [6, 6.07) is 19.5. The highest BCUT2D eigenvalue weighted by atomic mass is 16.5. The zero-order chi connectivity index (χ0) is 29.5. The molecule has 0 radical (unpaired) electrons. The summed E-state index contributed by atoms with van der Waals surface area (Å²) in [5.41, 5.74) is 3.97. The summed E-state index contributed by atoms with van der Waals surface area (Å²) >= 11 is 0. The van der Waals surface area contributed by atoms with Crippen LogP contribution in [0.15, 0.2) is 79.1 Å². The van der Waals surface area contributed by atoms with Crippen LogP contribution in [0.25, 0.3) is 16.6 Å². The quantitative estimate of drug-likeness (QED) is 0.158. The largest absolute Gasteiger partial charge is 0.456 e. The molecule has 214 valence electrons. The van der Waals surface area contributed by atoms with Gasteiger partial charge in [-0.25, -0.2) is 19.3 Å². The molecule has 3 heterocycles. The van der Waals surface area contributed by atoms with Crippen LogP contribution in [-0.4, -0.2) is 38.9 Å². The lowest BCUT2D eigenvalue weighted by Gasteiger charge is -2.14. The molecule has 0 spiro atoms. The summed E-state index contributed by atoms with van der Waals surface area (Å²) in [4.78, 5) is 33.5. The lowest BCUT2D eigenvalue weighted by molar-refractivity contribution is 0.254. The van der Waals surface area contributed by atoms with E-state index in [0.29, 0.717) is 39.7 Å². The molecule has 0 unspecified atom stereocenters. The van der Waals surface area contributed by atoms with Gasteiger partial charge in [-0.15, -0.1) is 0 Å².